The highest BCUT2D eigenvalue weighted by Crippen LogP contribution is 2.15. The van der Waals surface area contributed by atoms with E-state index in [2.05, 4.69) is 25.9 Å². The van der Waals surface area contributed by atoms with Crippen LogP contribution in [0.15, 0.2) is 6.07 Å². The number of ether oxygens (including phenoxy) is 1. The number of aromatic nitrogens is 2. The predicted molar refractivity (Wildman–Crippen MR) is 76.6 cm³/mol. The van der Waals surface area contributed by atoms with Crippen LogP contribution in [-0.2, 0) is 4.74 Å². The summed E-state index contributed by atoms with van der Waals surface area (Å²) in [6.07, 6.45) is 2.27. The number of methoxy groups -OCH3 is 1. The predicted octanol–water partition coefficient (Wildman–Crippen LogP) is 1.01. The Morgan fingerprint density at radius 2 is 2.05 bits per heavy atom. The number of rotatable bonds is 6. The normalized spacial score (nSPS) is 16.3. The van der Waals surface area contributed by atoms with Gasteiger partial charge in [-0.1, -0.05) is 0 Å². The Balaban J connectivity index is 1.95. The molecule has 106 valence electrons. The first-order chi connectivity index (χ1) is 9.28. The molecule has 6 heteroatoms. The number of piperidine rings is 1. The highest BCUT2D eigenvalue weighted by molar-refractivity contribution is 5.48. The molecule has 1 fully saturated rings. The minimum absolute atomic E-state index is 0.502. The van der Waals surface area contributed by atoms with Gasteiger partial charge < -0.3 is 20.7 Å². The van der Waals surface area contributed by atoms with E-state index in [0.29, 0.717) is 12.6 Å². The van der Waals surface area contributed by atoms with Crippen molar-refractivity contribution in [1.29, 1.82) is 0 Å². The first kappa shape index (κ1) is 14.0. The summed E-state index contributed by atoms with van der Waals surface area (Å²) < 4.78 is 5.02. The molecule has 1 aromatic rings. The van der Waals surface area contributed by atoms with Crippen LogP contribution in [-0.4, -0.2) is 49.4 Å². The first-order valence-electron chi connectivity index (χ1n) is 6.83. The molecule has 1 aliphatic heterocycles. The van der Waals surface area contributed by atoms with Gasteiger partial charge in [0.2, 0.25) is 0 Å². The third kappa shape index (κ3) is 4.65. The molecule has 2 rings (SSSR count). The van der Waals surface area contributed by atoms with E-state index < -0.39 is 0 Å². The average Bonchev–Trinajstić information content (AvgIpc) is 2.39. The minimum Gasteiger partial charge on any atom is -0.383 e. The molecule has 6 nitrogen and oxygen atoms in total. The highest BCUT2D eigenvalue weighted by Gasteiger charge is 2.13. The number of anilines is 2. The first-order valence-corrected chi connectivity index (χ1v) is 6.83. The molecular weight excluding hydrogens is 242 g/mol. The van der Waals surface area contributed by atoms with Crippen LogP contribution >= 0.6 is 0 Å². The van der Waals surface area contributed by atoms with Crippen molar-refractivity contribution in [3.63, 3.8) is 0 Å². The van der Waals surface area contributed by atoms with Gasteiger partial charge in [-0.25, -0.2) is 9.97 Å². The maximum Gasteiger partial charge on any atom is 0.132 e. The number of hydrogen-bond acceptors (Lipinski definition) is 6. The summed E-state index contributed by atoms with van der Waals surface area (Å²) in [5.41, 5.74) is 0. The molecule has 0 saturated carbocycles. The van der Waals surface area contributed by atoms with Crippen molar-refractivity contribution in [3.8, 4) is 0 Å². The largest absolute Gasteiger partial charge is 0.383 e. The molecule has 0 radical (unpaired) electrons. The van der Waals surface area contributed by atoms with Crippen molar-refractivity contribution in [2.24, 2.45) is 0 Å². The third-order valence-corrected chi connectivity index (χ3v) is 3.14. The van der Waals surface area contributed by atoms with Crippen molar-refractivity contribution < 1.29 is 4.74 Å². The summed E-state index contributed by atoms with van der Waals surface area (Å²) in [6.45, 7) is 5.47. The summed E-state index contributed by atoms with van der Waals surface area (Å²) in [5, 5.41) is 10.1. The van der Waals surface area contributed by atoms with Crippen LogP contribution in [0.3, 0.4) is 0 Å². The zero-order chi connectivity index (χ0) is 13.5. The number of nitrogens with one attached hydrogen (secondary N) is 3. The van der Waals surface area contributed by atoms with Gasteiger partial charge in [0.15, 0.2) is 0 Å². The molecule has 1 aromatic heterocycles. The summed E-state index contributed by atoms with van der Waals surface area (Å²) in [7, 11) is 1.69. The fraction of sp³-hybridized carbons (Fsp3) is 0.692. The van der Waals surface area contributed by atoms with Crippen molar-refractivity contribution in [2.45, 2.75) is 25.8 Å². The second kappa shape index (κ2) is 7.25. The van der Waals surface area contributed by atoms with Gasteiger partial charge in [0.1, 0.15) is 17.5 Å². The molecule has 0 atom stereocenters. The van der Waals surface area contributed by atoms with E-state index in [-0.39, 0.29) is 0 Å². The molecule has 2 heterocycles. The van der Waals surface area contributed by atoms with Gasteiger partial charge >= 0.3 is 0 Å². The molecule has 0 bridgehead atoms. The van der Waals surface area contributed by atoms with E-state index in [1.165, 1.54) is 0 Å². The Bertz CT molecular complexity index is 393. The Morgan fingerprint density at radius 3 is 2.79 bits per heavy atom. The minimum atomic E-state index is 0.502. The lowest BCUT2D eigenvalue weighted by Gasteiger charge is -2.24. The number of hydrogen-bond donors (Lipinski definition) is 3. The van der Waals surface area contributed by atoms with E-state index >= 15 is 0 Å². The summed E-state index contributed by atoms with van der Waals surface area (Å²) >= 11 is 0. The lowest BCUT2D eigenvalue weighted by Crippen LogP contribution is -2.35. The van der Waals surface area contributed by atoms with Crippen molar-refractivity contribution >= 4 is 11.6 Å². The van der Waals surface area contributed by atoms with Crippen LogP contribution in [0.2, 0.25) is 0 Å². The van der Waals surface area contributed by atoms with Crippen LogP contribution in [0, 0.1) is 6.92 Å². The SMILES string of the molecule is COCCNc1cc(NC2CCNCC2)nc(C)n1. The Hall–Kier alpha value is -1.40. The molecule has 0 spiro atoms. The van der Waals surface area contributed by atoms with Gasteiger partial charge in [-0.3, -0.25) is 0 Å². The van der Waals surface area contributed by atoms with Crippen LogP contribution < -0.4 is 16.0 Å². The fourth-order valence-electron chi connectivity index (χ4n) is 2.19. The van der Waals surface area contributed by atoms with Crippen LogP contribution in [0.4, 0.5) is 11.6 Å². The molecular formula is C13H23N5O. The van der Waals surface area contributed by atoms with E-state index in [1.807, 2.05) is 13.0 Å². The Morgan fingerprint density at radius 1 is 1.32 bits per heavy atom. The van der Waals surface area contributed by atoms with Gasteiger partial charge in [0.05, 0.1) is 6.61 Å². The number of nitrogens with zero attached hydrogens (tertiary/aromatic N) is 2. The second-order valence-corrected chi connectivity index (χ2v) is 4.77. The zero-order valence-corrected chi connectivity index (χ0v) is 11.7. The van der Waals surface area contributed by atoms with Gasteiger partial charge in [0.25, 0.3) is 0 Å². The highest BCUT2D eigenvalue weighted by atomic mass is 16.5. The summed E-state index contributed by atoms with van der Waals surface area (Å²) in [6, 6.07) is 2.47. The molecule has 0 unspecified atom stereocenters. The second-order valence-electron chi connectivity index (χ2n) is 4.77. The Kier molecular flexibility index (Phi) is 5.35. The van der Waals surface area contributed by atoms with Crippen molar-refractivity contribution in [1.82, 2.24) is 15.3 Å². The zero-order valence-electron chi connectivity index (χ0n) is 11.7. The fourth-order valence-corrected chi connectivity index (χ4v) is 2.19. The smallest absolute Gasteiger partial charge is 0.132 e. The van der Waals surface area contributed by atoms with Crippen LogP contribution in [0.1, 0.15) is 18.7 Å². The van der Waals surface area contributed by atoms with Crippen molar-refractivity contribution in [3.05, 3.63) is 11.9 Å². The molecule has 3 N–H and O–H groups in total. The summed E-state index contributed by atoms with van der Waals surface area (Å²) in [5.74, 6) is 2.53. The standard InChI is InChI=1S/C13H23N5O/c1-10-16-12(15-7-8-19-2)9-13(17-10)18-11-3-5-14-6-4-11/h9,11,14H,3-8H2,1-2H3,(H2,15,16,17,18). The van der Waals surface area contributed by atoms with E-state index in [4.69, 9.17) is 4.74 Å². The van der Waals surface area contributed by atoms with E-state index in [1.54, 1.807) is 7.11 Å². The topological polar surface area (TPSA) is 71.1 Å². The van der Waals surface area contributed by atoms with E-state index in [0.717, 1.165) is 49.9 Å². The van der Waals surface area contributed by atoms with Crippen LogP contribution in [0.5, 0.6) is 0 Å². The van der Waals surface area contributed by atoms with Gasteiger partial charge in [-0.2, -0.15) is 0 Å². The monoisotopic (exact) mass is 265 g/mol. The Labute approximate surface area is 114 Å². The molecule has 1 aliphatic rings. The van der Waals surface area contributed by atoms with Gasteiger partial charge in [0, 0.05) is 25.8 Å². The lowest BCUT2D eigenvalue weighted by atomic mass is 10.1. The molecule has 19 heavy (non-hydrogen) atoms. The van der Waals surface area contributed by atoms with Crippen molar-refractivity contribution in [2.75, 3.05) is 44.0 Å². The number of aryl methyl sites for hydroxylation is 1. The third-order valence-electron chi connectivity index (χ3n) is 3.14. The van der Waals surface area contributed by atoms with E-state index in [9.17, 15) is 0 Å². The molecule has 1 saturated heterocycles. The van der Waals surface area contributed by atoms with Gasteiger partial charge in [-0.05, 0) is 32.9 Å². The van der Waals surface area contributed by atoms with Crippen LogP contribution in [0.25, 0.3) is 0 Å². The van der Waals surface area contributed by atoms with Gasteiger partial charge in [-0.15, -0.1) is 0 Å². The molecule has 0 amide bonds. The maximum absolute atomic E-state index is 5.02. The molecule has 0 aromatic carbocycles. The maximum atomic E-state index is 5.02. The average molecular weight is 265 g/mol. The summed E-state index contributed by atoms with van der Waals surface area (Å²) in [4.78, 5) is 8.81. The quantitative estimate of drug-likeness (QED) is 0.667. The lowest BCUT2D eigenvalue weighted by molar-refractivity contribution is 0.210. The molecule has 0 aliphatic carbocycles.